The Morgan fingerprint density at radius 1 is 1.09 bits per heavy atom. The summed E-state index contributed by atoms with van der Waals surface area (Å²) in [5.41, 5.74) is 1.28. The van der Waals surface area contributed by atoms with Crippen molar-refractivity contribution in [2.24, 2.45) is 0 Å². The molecule has 0 saturated heterocycles. The molecule has 0 fully saturated rings. The van der Waals surface area contributed by atoms with Gasteiger partial charge in [-0.2, -0.15) is 13.7 Å². The molecule has 0 radical (unpaired) electrons. The summed E-state index contributed by atoms with van der Waals surface area (Å²) in [5, 5.41) is 12.2. The van der Waals surface area contributed by atoms with Crippen molar-refractivity contribution < 1.29 is 22.1 Å². The first kappa shape index (κ1) is 24.3. The Kier molecular flexibility index (Phi) is 8.08. The van der Waals surface area contributed by atoms with Crippen molar-refractivity contribution in [1.82, 2.24) is 5.32 Å². The number of halogens is 1. The fraction of sp³-hybridized carbons (Fsp3) is 0.0833. The number of rotatable bonds is 8. The van der Waals surface area contributed by atoms with Crippen LogP contribution in [0, 0.1) is 14.9 Å². The fourth-order valence-corrected chi connectivity index (χ4v) is 4.70. The molecule has 0 bridgehead atoms. The van der Waals surface area contributed by atoms with Gasteiger partial charge in [0.15, 0.2) is 11.5 Å². The van der Waals surface area contributed by atoms with Crippen molar-refractivity contribution in [2.45, 2.75) is 11.4 Å². The zero-order valence-corrected chi connectivity index (χ0v) is 20.5. The lowest BCUT2D eigenvalue weighted by Gasteiger charge is -2.13. The number of carbonyl (C=O) groups excluding carboxylic acids is 1. The molecule has 3 aromatic rings. The highest BCUT2D eigenvalue weighted by Gasteiger charge is 2.22. The van der Waals surface area contributed by atoms with E-state index in [4.69, 9.17) is 8.92 Å². The number of carbonyl (C=O) groups is 1. The molecular formula is C24H19IN2O5S. The molecule has 0 aliphatic rings. The summed E-state index contributed by atoms with van der Waals surface area (Å²) < 4.78 is 36.3. The van der Waals surface area contributed by atoms with Crippen LogP contribution in [0.1, 0.15) is 11.1 Å². The van der Waals surface area contributed by atoms with Gasteiger partial charge in [-0.3, -0.25) is 4.79 Å². The van der Waals surface area contributed by atoms with E-state index in [0.717, 1.165) is 5.56 Å². The van der Waals surface area contributed by atoms with E-state index in [-0.39, 0.29) is 28.5 Å². The largest absolute Gasteiger partial charge is 0.493 e. The average Bonchev–Trinajstić information content (AvgIpc) is 2.83. The number of nitrogens with zero attached hydrogens (tertiary/aromatic N) is 1. The third kappa shape index (κ3) is 6.34. The molecule has 9 heteroatoms. The Hall–Kier alpha value is -3.36. The second-order valence-corrected chi connectivity index (χ2v) is 9.43. The fourth-order valence-electron chi connectivity index (χ4n) is 2.84. The standard InChI is InChI=1S/C24H19IN2O5S/c1-31-22-14-18(12-19(15-26)24(28)27-16-17-8-4-2-5-9-17)13-21(25)23(22)32-33(29,30)20-10-6-3-7-11-20/h2-14H,16H2,1H3,(H,27,28)/b19-12+. The van der Waals surface area contributed by atoms with Crippen LogP contribution < -0.4 is 14.2 Å². The van der Waals surface area contributed by atoms with E-state index < -0.39 is 16.0 Å². The van der Waals surface area contributed by atoms with Crippen molar-refractivity contribution in [2.75, 3.05) is 7.11 Å². The van der Waals surface area contributed by atoms with Crippen molar-refractivity contribution in [3.05, 3.63) is 93.1 Å². The summed E-state index contributed by atoms with van der Waals surface area (Å²) in [4.78, 5) is 12.5. The Bertz CT molecular complexity index is 1320. The quantitative estimate of drug-likeness (QED) is 0.186. The first-order chi connectivity index (χ1) is 15.8. The summed E-state index contributed by atoms with van der Waals surface area (Å²) in [6.45, 7) is 0.281. The highest BCUT2D eigenvalue weighted by atomic mass is 127. The maximum atomic E-state index is 12.6. The van der Waals surface area contributed by atoms with Gasteiger partial charge < -0.3 is 14.2 Å². The number of nitrogens with one attached hydrogen (secondary N) is 1. The summed E-state index contributed by atoms with van der Waals surface area (Å²) in [6.07, 6.45) is 1.40. The minimum Gasteiger partial charge on any atom is -0.493 e. The van der Waals surface area contributed by atoms with E-state index in [1.807, 2.05) is 59.0 Å². The van der Waals surface area contributed by atoms with Crippen LogP contribution in [0.2, 0.25) is 0 Å². The Morgan fingerprint density at radius 2 is 1.73 bits per heavy atom. The molecular weight excluding hydrogens is 555 g/mol. The molecule has 0 saturated carbocycles. The lowest BCUT2D eigenvalue weighted by Crippen LogP contribution is -2.23. The van der Waals surface area contributed by atoms with Crippen LogP contribution in [0.15, 0.2) is 83.3 Å². The van der Waals surface area contributed by atoms with Crippen LogP contribution in [-0.2, 0) is 21.5 Å². The molecule has 0 unspecified atom stereocenters. The third-order valence-electron chi connectivity index (χ3n) is 4.45. The van der Waals surface area contributed by atoms with E-state index in [1.165, 1.54) is 31.4 Å². The van der Waals surface area contributed by atoms with Gasteiger partial charge in [-0.15, -0.1) is 0 Å². The van der Waals surface area contributed by atoms with Gasteiger partial charge in [0.2, 0.25) is 0 Å². The van der Waals surface area contributed by atoms with Crippen molar-refractivity contribution in [3.63, 3.8) is 0 Å². The summed E-state index contributed by atoms with van der Waals surface area (Å²) in [7, 11) is -2.70. The lowest BCUT2D eigenvalue weighted by molar-refractivity contribution is -0.117. The highest BCUT2D eigenvalue weighted by Crippen LogP contribution is 2.36. The van der Waals surface area contributed by atoms with Crippen LogP contribution in [0.4, 0.5) is 0 Å². The first-order valence-electron chi connectivity index (χ1n) is 9.65. The molecule has 0 atom stereocenters. The van der Waals surface area contributed by atoms with Gasteiger partial charge in [0, 0.05) is 6.54 Å². The monoisotopic (exact) mass is 574 g/mol. The van der Waals surface area contributed by atoms with Crippen LogP contribution >= 0.6 is 22.6 Å². The van der Waals surface area contributed by atoms with Gasteiger partial charge >= 0.3 is 10.1 Å². The lowest BCUT2D eigenvalue weighted by atomic mass is 10.1. The van der Waals surface area contributed by atoms with Gasteiger partial charge in [-0.1, -0.05) is 48.5 Å². The molecule has 1 N–H and O–H groups in total. The maximum absolute atomic E-state index is 12.6. The number of ether oxygens (including phenoxy) is 1. The third-order valence-corrected chi connectivity index (χ3v) is 6.49. The second kappa shape index (κ2) is 11.0. The van der Waals surface area contributed by atoms with Crippen LogP contribution in [-0.4, -0.2) is 21.4 Å². The van der Waals surface area contributed by atoms with Crippen molar-refractivity contribution in [3.8, 4) is 17.6 Å². The maximum Gasteiger partial charge on any atom is 0.339 e. The molecule has 0 aliphatic heterocycles. The molecule has 33 heavy (non-hydrogen) atoms. The zero-order valence-electron chi connectivity index (χ0n) is 17.5. The van der Waals surface area contributed by atoms with Crippen LogP contribution in [0.5, 0.6) is 11.5 Å². The molecule has 0 aliphatic carbocycles. The van der Waals surface area contributed by atoms with Gasteiger partial charge in [-0.05, 0) is 64.1 Å². The predicted molar refractivity (Wildman–Crippen MR) is 132 cm³/mol. The number of hydrogen-bond donors (Lipinski definition) is 1. The first-order valence-corrected chi connectivity index (χ1v) is 12.1. The molecule has 7 nitrogen and oxygen atoms in total. The van der Waals surface area contributed by atoms with Gasteiger partial charge in [-0.25, -0.2) is 0 Å². The van der Waals surface area contributed by atoms with Crippen LogP contribution in [0.3, 0.4) is 0 Å². The van der Waals surface area contributed by atoms with E-state index in [9.17, 15) is 18.5 Å². The second-order valence-electron chi connectivity index (χ2n) is 6.72. The number of hydrogen-bond acceptors (Lipinski definition) is 6. The molecule has 3 aromatic carbocycles. The molecule has 0 aromatic heterocycles. The van der Waals surface area contributed by atoms with Crippen molar-refractivity contribution in [1.29, 1.82) is 5.26 Å². The highest BCUT2D eigenvalue weighted by molar-refractivity contribution is 14.1. The smallest absolute Gasteiger partial charge is 0.339 e. The number of benzene rings is 3. The van der Waals surface area contributed by atoms with E-state index in [0.29, 0.717) is 9.13 Å². The van der Waals surface area contributed by atoms with Crippen molar-refractivity contribution >= 4 is 44.7 Å². The Morgan fingerprint density at radius 3 is 2.33 bits per heavy atom. The normalized spacial score (nSPS) is 11.4. The van der Waals surface area contributed by atoms with Gasteiger partial charge in [0.1, 0.15) is 16.5 Å². The number of amides is 1. The molecule has 0 spiro atoms. The molecule has 0 heterocycles. The predicted octanol–water partition coefficient (Wildman–Crippen LogP) is 4.29. The van der Waals surface area contributed by atoms with Gasteiger partial charge in [0.05, 0.1) is 10.7 Å². The summed E-state index contributed by atoms with van der Waals surface area (Å²) in [5.74, 6) is -0.358. The average molecular weight is 574 g/mol. The minimum atomic E-state index is -4.07. The molecule has 1 amide bonds. The molecule has 3 rings (SSSR count). The zero-order chi connectivity index (χ0) is 23.8. The Balaban J connectivity index is 1.85. The summed E-state index contributed by atoms with van der Waals surface area (Å²) >= 11 is 1.91. The van der Waals surface area contributed by atoms with E-state index in [1.54, 1.807) is 24.3 Å². The topological polar surface area (TPSA) is 105 Å². The SMILES string of the molecule is COc1cc(/C=C(\C#N)C(=O)NCc2ccccc2)cc(I)c1OS(=O)(=O)c1ccccc1. The molecule has 168 valence electrons. The van der Waals surface area contributed by atoms with E-state index >= 15 is 0 Å². The summed E-state index contributed by atoms with van der Waals surface area (Å²) in [6, 6.07) is 22.1. The van der Waals surface area contributed by atoms with Crippen LogP contribution in [0.25, 0.3) is 6.08 Å². The van der Waals surface area contributed by atoms with Gasteiger partial charge in [0.25, 0.3) is 5.91 Å². The number of methoxy groups -OCH3 is 1. The Labute approximate surface area is 205 Å². The number of nitriles is 1. The minimum absolute atomic E-state index is 0.00804. The van der Waals surface area contributed by atoms with E-state index in [2.05, 4.69) is 5.32 Å².